The molecule has 0 aliphatic carbocycles. The summed E-state index contributed by atoms with van der Waals surface area (Å²) in [6, 6.07) is 9.64. The van der Waals surface area contributed by atoms with Gasteiger partial charge in [0.15, 0.2) is 0 Å². The van der Waals surface area contributed by atoms with Crippen LogP contribution in [0.15, 0.2) is 30.3 Å². The highest BCUT2D eigenvalue weighted by Gasteiger charge is 2.25. The summed E-state index contributed by atoms with van der Waals surface area (Å²) in [5, 5.41) is 0.829. The fourth-order valence-corrected chi connectivity index (χ4v) is 3.66. The summed E-state index contributed by atoms with van der Waals surface area (Å²) in [5.41, 5.74) is 1.59. The molecule has 0 saturated carbocycles. The minimum atomic E-state index is -0.175. The molecule has 7 heteroatoms. The zero-order valence-electron chi connectivity index (χ0n) is 14.4. The van der Waals surface area contributed by atoms with E-state index in [2.05, 4.69) is 4.98 Å². The van der Waals surface area contributed by atoms with E-state index in [1.807, 2.05) is 37.3 Å². The summed E-state index contributed by atoms with van der Waals surface area (Å²) >= 11 is 1.36. The summed E-state index contributed by atoms with van der Waals surface area (Å²) in [6.45, 7) is 4.20. The van der Waals surface area contributed by atoms with Gasteiger partial charge in [-0.05, 0) is 6.92 Å². The highest BCUT2D eigenvalue weighted by molar-refractivity contribution is 7.14. The number of carbonyl (C=O) groups excluding carboxylic acids is 2. The van der Waals surface area contributed by atoms with E-state index in [9.17, 15) is 9.59 Å². The van der Waals surface area contributed by atoms with Crippen LogP contribution >= 0.6 is 11.3 Å². The van der Waals surface area contributed by atoms with Crippen LogP contribution in [0.3, 0.4) is 0 Å². The van der Waals surface area contributed by atoms with Gasteiger partial charge < -0.3 is 14.5 Å². The number of rotatable bonds is 4. The monoisotopic (exact) mass is 359 g/mol. The molecule has 1 aromatic carbocycles. The van der Waals surface area contributed by atoms with Gasteiger partial charge in [-0.15, -0.1) is 11.3 Å². The largest absolute Gasteiger partial charge is 0.378 e. The molecule has 2 aromatic rings. The number of benzene rings is 1. The van der Waals surface area contributed by atoms with E-state index in [1.165, 1.54) is 16.2 Å². The normalized spacial score (nSPS) is 14.4. The van der Waals surface area contributed by atoms with Gasteiger partial charge >= 0.3 is 0 Å². The molecule has 0 atom stereocenters. The molecule has 0 N–H and O–H groups in total. The van der Waals surface area contributed by atoms with Crippen LogP contribution in [0, 0.1) is 6.92 Å². The number of morpholine rings is 1. The molecule has 6 nitrogen and oxygen atoms in total. The minimum absolute atomic E-state index is 0.0540. The molecule has 1 aliphatic heterocycles. The van der Waals surface area contributed by atoms with Crippen LogP contribution in [-0.2, 0) is 9.53 Å². The number of hydrogen-bond acceptors (Lipinski definition) is 5. The molecule has 0 spiro atoms. The number of thiazole rings is 1. The van der Waals surface area contributed by atoms with Crippen molar-refractivity contribution in [1.29, 1.82) is 0 Å². The Morgan fingerprint density at radius 3 is 2.60 bits per heavy atom. The molecule has 1 aliphatic rings. The van der Waals surface area contributed by atoms with E-state index in [4.69, 9.17) is 4.74 Å². The highest BCUT2D eigenvalue weighted by atomic mass is 32.1. The second-order valence-corrected chi connectivity index (χ2v) is 7.13. The molecular weight excluding hydrogens is 338 g/mol. The Labute approximate surface area is 151 Å². The first kappa shape index (κ1) is 17.6. The van der Waals surface area contributed by atoms with Crippen molar-refractivity contribution in [3.05, 3.63) is 40.2 Å². The number of hydrogen-bond donors (Lipinski definition) is 0. The number of aromatic nitrogens is 1. The Kier molecular flexibility index (Phi) is 5.45. The maximum atomic E-state index is 12.9. The van der Waals surface area contributed by atoms with Crippen LogP contribution in [0.5, 0.6) is 0 Å². The average molecular weight is 359 g/mol. The van der Waals surface area contributed by atoms with Gasteiger partial charge in [-0.3, -0.25) is 9.59 Å². The lowest BCUT2D eigenvalue weighted by atomic mass is 10.1. The molecule has 132 valence electrons. The fraction of sp³-hybridized carbons (Fsp3) is 0.389. The SMILES string of the molecule is Cc1nc(-c2ccccc2)c(C(=O)N(C)CC(=O)N2CCOCC2)s1. The van der Waals surface area contributed by atoms with Crippen molar-refractivity contribution in [3.8, 4) is 11.3 Å². The summed E-state index contributed by atoms with van der Waals surface area (Å²) in [6.07, 6.45) is 0. The van der Waals surface area contributed by atoms with Crippen LogP contribution < -0.4 is 0 Å². The summed E-state index contributed by atoms with van der Waals surface area (Å²) in [7, 11) is 1.66. The molecule has 1 saturated heterocycles. The van der Waals surface area contributed by atoms with Crippen LogP contribution in [-0.4, -0.2) is 66.5 Å². The standard InChI is InChI=1S/C18H21N3O3S/c1-13-19-16(14-6-4-3-5-7-14)17(25-13)18(23)20(2)12-15(22)21-8-10-24-11-9-21/h3-7H,8-12H2,1-2H3. The van der Waals surface area contributed by atoms with Crippen molar-refractivity contribution >= 4 is 23.2 Å². The Balaban J connectivity index is 1.75. The Bertz CT molecular complexity index is 754. The zero-order chi connectivity index (χ0) is 17.8. The summed E-state index contributed by atoms with van der Waals surface area (Å²) in [4.78, 5) is 33.5. The van der Waals surface area contributed by atoms with E-state index in [0.29, 0.717) is 36.9 Å². The van der Waals surface area contributed by atoms with E-state index in [1.54, 1.807) is 11.9 Å². The number of aryl methyl sites for hydroxylation is 1. The van der Waals surface area contributed by atoms with Crippen molar-refractivity contribution < 1.29 is 14.3 Å². The molecule has 0 radical (unpaired) electrons. The van der Waals surface area contributed by atoms with Gasteiger partial charge in [-0.1, -0.05) is 30.3 Å². The van der Waals surface area contributed by atoms with Crippen LogP contribution in [0.25, 0.3) is 11.3 Å². The van der Waals surface area contributed by atoms with Crippen molar-refractivity contribution in [3.63, 3.8) is 0 Å². The third kappa shape index (κ3) is 4.05. The maximum absolute atomic E-state index is 12.9. The number of carbonyl (C=O) groups is 2. The number of nitrogens with zero attached hydrogens (tertiary/aromatic N) is 3. The van der Waals surface area contributed by atoms with Gasteiger partial charge in [0.05, 0.1) is 30.5 Å². The lowest BCUT2D eigenvalue weighted by Gasteiger charge is -2.28. The first-order valence-electron chi connectivity index (χ1n) is 8.20. The van der Waals surface area contributed by atoms with E-state index in [0.717, 1.165) is 10.6 Å². The quantitative estimate of drug-likeness (QED) is 0.838. The molecule has 0 bridgehead atoms. The van der Waals surface area contributed by atoms with Gasteiger partial charge in [0, 0.05) is 25.7 Å². The van der Waals surface area contributed by atoms with Crippen molar-refractivity contribution in [1.82, 2.24) is 14.8 Å². The first-order valence-corrected chi connectivity index (χ1v) is 9.01. The zero-order valence-corrected chi connectivity index (χ0v) is 15.2. The fourth-order valence-electron chi connectivity index (χ4n) is 2.72. The third-order valence-corrected chi connectivity index (χ3v) is 5.02. The van der Waals surface area contributed by atoms with Crippen molar-refractivity contribution in [2.75, 3.05) is 39.9 Å². The topological polar surface area (TPSA) is 62.7 Å². The summed E-state index contributed by atoms with van der Waals surface area (Å²) in [5.74, 6) is -0.229. The highest BCUT2D eigenvalue weighted by Crippen LogP contribution is 2.28. The third-order valence-electron chi connectivity index (χ3n) is 4.06. The molecule has 0 unspecified atom stereocenters. The van der Waals surface area contributed by atoms with Crippen molar-refractivity contribution in [2.24, 2.45) is 0 Å². The van der Waals surface area contributed by atoms with Gasteiger partial charge in [0.2, 0.25) is 5.91 Å². The van der Waals surface area contributed by atoms with E-state index < -0.39 is 0 Å². The van der Waals surface area contributed by atoms with Gasteiger partial charge in [-0.25, -0.2) is 4.98 Å². The van der Waals surface area contributed by atoms with Crippen LogP contribution in [0.2, 0.25) is 0 Å². The second kappa shape index (κ2) is 7.76. The van der Waals surface area contributed by atoms with Gasteiger partial charge in [0.1, 0.15) is 4.88 Å². The van der Waals surface area contributed by atoms with Crippen LogP contribution in [0.4, 0.5) is 0 Å². The molecule has 1 fully saturated rings. The predicted molar refractivity (Wildman–Crippen MR) is 96.6 cm³/mol. The minimum Gasteiger partial charge on any atom is -0.378 e. The maximum Gasteiger partial charge on any atom is 0.266 e. The average Bonchev–Trinajstić information content (AvgIpc) is 3.04. The Hall–Kier alpha value is -2.25. The van der Waals surface area contributed by atoms with E-state index >= 15 is 0 Å². The van der Waals surface area contributed by atoms with Gasteiger partial charge in [0.25, 0.3) is 5.91 Å². The molecular formula is C18H21N3O3S. The lowest BCUT2D eigenvalue weighted by Crippen LogP contribution is -2.46. The number of ether oxygens (including phenoxy) is 1. The van der Waals surface area contributed by atoms with E-state index in [-0.39, 0.29) is 18.4 Å². The van der Waals surface area contributed by atoms with Crippen LogP contribution in [0.1, 0.15) is 14.7 Å². The molecule has 25 heavy (non-hydrogen) atoms. The summed E-state index contributed by atoms with van der Waals surface area (Å²) < 4.78 is 5.26. The van der Waals surface area contributed by atoms with Gasteiger partial charge in [-0.2, -0.15) is 0 Å². The first-order chi connectivity index (χ1) is 12.1. The van der Waals surface area contributed by atoms with Crippen molar-refractivity contribution in [2.45, 2.75) is 6.92 Å². The molecule has 2 heterocycles. The molecule has 3 rings (SSSR count). The Morgan fingerprint density at radius 1 is 1.24 bits per heavy atom. The molecule has 2 amide bonds. The number of likely N-dealkylation sites (N-methyl/N-ethyl adjacent to an activating group) is 1. The second-order valence-electron chi connectivity index (χ2n) is 5.93. The number of amides is 2. The Morgan fingerprint density at radius 2 is 1.92 bits per heavy atom. The predicted octanol–water partition coefficient (Wildman–Crippen LogP) is 2.05. The smallest absolute Gasteiger partial charge is 0.266 e. The molecule has 1 aromatic heterocycles. The lowest BCUT2D eigenvalue weighted by molar-refractivity contribution is -0.135.